The third-order valence-corrected chi connectivity index (χ3v) is 3.06. The summed E-state index contributed by atoms with van der Waals surface area (Å²) in [6.45, 7) is 11.6. The fourth-order valence-corrected chi connectivity index (χ4v) is 2.00. The Balaban J connectivity index is 1.96. The number of hydrogen-bond acceptors (Lipinski definition) is 3. The van der Waals surface area contributed by atoms with Gasteiger partial charge >= 0.3 is 0 Å². The predicted molar refractivity (Wildman–Crippen MR) is 84.2 cm³/mol. The van der Waals surface area contributed by atoms with Gasteiger partial charge in [-0.15, -0.1) is 0 Å². The monoisotopic (exact) mass is 281 g/mol. The smallest absolute Gasteiger partial charge is 0.157 e. The van der Waals surface area contributed by atoms with E-state index in [1.165, 1.54) is 19.3 Å². The lowest BCUT2D eigenvalue weighted by atomic mass is 10.1. The fraction of sp³-hybridized carbons (Fsp3) is 0.812. The summed E-state index contributed by atoms with van der Waals surface area (Å²) >= 11 is 0. The SMILES string of the molecule is CCCn1cc(OCCCCCCNC(C)(C)C)cn1. The van der Waals surface area contributed by atoms with Crippen molar-refractivity contribution < 1.29 is 4.74 Å². The Morgan fingerprint density at radius 2 is 1.95 bits per heavy atom. The molecule has 1 aromatic rings. The van der Waals surface area contributed by atoms with Gasteiger partial charge in [-0.1, -0.05) is 19.8 Å². The van der Waals surface area contributed by atoms with Gasteiger partial charge in [0.1, 0.15) is 0 Å². The van der Waals surface area contributed by atoms with Crippen LogP contribution < -0.4 is 10.1 Å². The van der Waals surface area contributed by atoms with E-state index in [0.717, 1.165) is 38.3 Å². The van der Waals surface area contributed by atoms with E-state index >= 15 is 0 Å². The molecule has 1 rings (SSSR count). The molecule has 4 nitrogen and oxygen atoms in total. The third-order valence-electron chi connectivity index (χ3n) is 3.06. The molecule has 0 amide bonds. The van der Waals surface area contributed by atoms with E-state index in [9.17, 15) is 0 Å². The zero-order chi connectivity index (χ0) is 14.8. The van der Waals surface area contributed by atoms with Gasteiger partial charge in [0.15, 0.2) is 5.75 Å². The normalized spacial score (nSPS) is 11.8. The molecule has 0 bridgehead atoms. The summed E-state index contributed by atoms with van der Waals surface area (Å²) in [6, 6.07) is 0. The lowest BCUT2D eigenvalue weighted by Crippen LogP contribution is -2.36. The van der Waals surface area contributed by atoms with E-state index in [-0.39, 0.29) is 5.54 Å². The predicted octanol–water partition coefficient (Wildman–Crippen LogP) is 3.62. The summed E-state index contributed by atoms with van der Waals surface area (Å²) in [4.78, 5) is 0. The lowest BCUT2D eigenvalue weighted by Gasteiger charge is -2.20. The molecule has 1 N–H and O–H groups in total. The minimum absolute atomic E-state index is 0.238. The van der Waals surface area contributed by atoms with Crippen LogP contribution in [0.25, 0.3) is 0 Å². The van der Waals surface area contributed by atoms with Gasteiger partial charge in [0.25, 0.3) is 0 Å². The highest BCUT2D eigenvalue weighted by molar-refractivity contribution is 5.11. The van der Waals surface area contributed by atoms with E-state index in [4.69, 9.17) is 4.74 Å². The first-order chi connectivity index (χ1) is 9.51. The summed E-state index contributed by atoms with van der Waals surface area (Å²) < 4.78 is 7.63. The van der Waals surface area contributed by atoms with Crippen molar-refractivity contribution in [3.63, 3.8) is 0 Å². The van der Waals surface area contributed by atoms with Crippen LogP contribution in [-0.2, 0) is 6.54 Å². The van der Waals surface area contributed by atoms with Crippen LogP contribution in [0.2, 0.25) is 0 Å². The summed E-state index contributed by atoms with van der Waals surface area (Å²) in [5.74, 6) is 0.896. The van der Waals surface area contributed by atoms with Crippen molar-refractivity contribution in [3.8, 4) is 5.75 Å². The molecule has 1 heterocycles. The van der Waals surface area contributed by atoms with Gasteiger partial charge in [0, 0.05) is 12.1 Å². The van der Waals surface area contributed by atoms with Gasteiger partial charge in [-0.25, -0.2) is 0 Å². The first-order valence-corrected chi connectivity index (χ1v) is 7.91. The average molecular weight is 281 g/mol. The summed E-state index contributed by atoms with van der Waals surface area (Å²) in [5, 5.41) is 7.76. The van der Waals surface area contributed by atoms with E-state index in [2.05, 4.69) is 38.1 Å². The molecule has 0 atom stereocenters. The summed E-state index contributed by atoms with van der Waals surface area (Å²) in [7, 11) is 0. The average Bonchev–Trinajstić information content (AvgIpc) is 2.79. The lowest BCUT2D eigenvalue weighted by molar-refractivity contribution is 0.303. The van der Waals surface area contributed by atoms with E-state index < -0.39 is 0 Å². The number of aryl methyl sites for hydroxylation is 1. The highest BCUT2D eigenvalue weighted by atomic mass is 16.5. The van der Waals surface area contributed by atoms with Crippen LogP contribution >= 0.6 is 0 Å². The Morgan fingerprint density at radius 3 is 2.65 bits per heavy atom. The van der Waals surface area contributed by atoms with Gasteiger partial charge < -0.3 is 10.1 Å². The van der Waals surface area contributed by atoms with Crippen LogP contribution in [0.4, 0.5) is 0 Å². The Labute approximate surface area is 123 Å². The Hall–Kier alpha value is -1.03. The quantitative estimate of drug-likeness (QED) is 0.666. The Kier molecular flexibility index (Phi) is 7.67. The minimum atomic E-state index is 0.238. The molecule has 0 radical (unpaired) electrons. The van der Waals surface area contributed by atoms with Gasteiger partial charge in [-0.2, -0.15) is 5.10 Å². The molecule has 1 aromatic heterocycles. The molecule has 20 heavy (non-hydrogen) atoms. The molecule has 0 unspecified atom stereocenters. The van der Waals surface area contributed by atoms with Crippen LogP contribution in [0.1, 0.15) is 59.8 Å². The number of hydrogen-bond donors (Lipinski definition) is 1. The number of rotatable bonds is 10. The van der Waals surface area contributed by atoms with Crippen LogP contribution in [0.15, 0.2) is 12.4 Å². The maximum Gasteiger partial charge on any atom is 0.157 e. The second kappa shape index (κ2) is 9.01. The highest BCUT2D eigenvalue weighted by Gasteiger charge is 2.06. The molecule has 0 spiro atoms. The Morgan fingerprint density at radius 1 is 1.20 bits per heavy atom. The fourth-order valence-electron chi connectivity index (χ4n) is 2.00. The van der Waals surface area contributed by atoms with Crippen molar-refractivity contribution in [2.24, 2.45) is 0 Å². The number of unbranched alkanes of at least 4 members (excludes halogenated alkanes) is 3. The second-order valence-electron chi connectivity index (χ2n) is 6.38. The van der Waals surface area contributed by atoms with Gasteiger partial charge in [0.2, 0.25) is 0 Å². The van der Waals surface area contributed by atoms with Crippen LogP contribution in [0.5, 0.6) is 5.75 Å². The van der Waals surface area contributed by atoms with E-state index in [0.29, 0.717) is 0 Å². The maximum absolute atomic E-state index is 5.69. The number of ether oxygens (including phenoxy) is 1. The van der Waals surface area contributed by atoms with Gasteiger partial charge in [-0.3, -0.25) is 4.68 Å². The zero-order valence-corrected chi connectivity index (χ0v) is 13.6. The molecule has 0 aliphatic heterocycles. The molecule has 0 aliphatic carbocycles. The second-order valence-corrected chi connectivity index (χ2v) is 6.38. The van der Waals surface area contributed by atoms with Crippen molar-refractivity contribution in [2.45, 2.75) is 71.9 Å². The number of nitrogens with zero attached hydrogens (tertiary/aromatic N) is 2. The van der Waals surface area contributed by atoms with E-state index in [1.54, 1.807) is 0 Å². The first-order valence-electron chi connectivity index (χ1n) is 7.91. The number of aromatic nitrogens is 2. The van der Waals surface area contributed by atoms with Gasteiger partial charge in [-0.05, 0) is 46.6 Å². The molecule has 4 heteroatoms. The van der Waals surface area contributed by atoms with Crippen molar-refractivity contribution in [1.29, 1.82) is 0 Å². The summed E-state index contributed by atoms with van der Waals surface area (Å²) in [5.41, 5.74) is 0.238. The maximum atomic E-state index is 5.69. The zero-order valence-electron chi connectivity index (χ0n) is 13.6. The molecule has 0 aliphatic rings. The van der Waals surface area contributed by atoms with Crippen molar-refractivity contribution >= 4 is 0 Å². The van der Waals surface area contributed by atoms with Crippen LogP contribution in [0, 0.1) is 0 Å². The topological polar surface area (TPSA) is 39.1 Å². The first kappa shape index (κ1) is 17.0. The molecule has 0 fully saturated rings. The Bertz CT molecular complexity index is 355. The largest absolute Gasteiger partial charge is 0.490 e. The molecule has 0 aromatic carbocycles. The third kappa shape index (κ3) is 8.20. The number of nitrogens with one attached hydrogen (secondary N) is 1. The molecule has 116 valence electrons. The highest BCUT2D eigenvalue weighted by Crippen LogP contribution is 2.10. The minimum Gasteiger partial charge on any atom is -0.490 e. The molecular formula is C16H31N3O. The van der Waals surface area contributed by atoms with E-state index in [1.807, 2.05) is 17.1 Å². The summed E-state index contributed by atoms with van der Waals surface area (Å²) in [6.07, 6.45) is 9.75. The molecular weight excluding hydrogens is 250 g/mol. The standard InChI is InChI=1S/C16H31N3O/c1-5-11-19-14-15(13-18-19)20-12-9-7-6-8-10-17-16(2,3)4/h13-14,17H,5-12H2,1-4H3. The van der Waals surface area contributed by atoms with Crippen LogP contribution in [-0.4, -0.2) is 28.5 Å². The van der Waals surface area contributed by atoms with Crippen molar-refractivity contribution in [1.82, 2.24) is 15.1 Å². The van der Waals surface area contributed by atoms with Crippen molar-refractivity contribution in [3.05, 3.63) is 12.4 Å². The van der Waals surface area contributed by atoms with Gasteiger partial charge in [0.05, 0.1) is 19.0 Å². The van der Waals surface area contributed by atoms with Crippen molar-refractivity contribution in [2.75, 3.05) is 13.2 Å². The van der Waals surface area contributed by atoms with Crippen LogP contribution in [0.3, 0.4) is 0 Å². The molecule has 0 saturated heterocycles. The molecule has 0 saturated carbocycles.